The van der Waals surface area contributed by atoms with Gasteiger partial charge in [-0.2, -0.15) is 0 Å². The number of amides is 2. The van der Waals surface area contributed by atoms with Crippen molar-refractivity contribution in [3.8, 4) is 5.75 Å². The predicted molar refractivity (Wildman–Crippen MR) is 117 cm³/mol. The van der Waals surface area contributed by atoms with E-state index in [1.807, 2.05) is 30.3 Å². The second kappa shape index (κ2) is 10.1. The van der Waals surface area contributed by atoms with E-state index >= 15 is 0 Å². The van der Waals surface area contributed by atoms with Crippen LogP contribution in [0.25, 0.3) is 0 Å². The van der Waals surface area contributed by atoms with Gasteiger partial charge in [0.15, 0.2) is 6.61 Å². The van der Waals surface area contributed by atoms with Crippen LogP contribution in [0.1, 0.15) is 15.9 Å². The zero-order chi connectivity index (χ0) is 20.6. The Labute approximate surface area is 182 Å². The second-order valence-corrected chi connectivity index (χ2v) is 7.48. The van der Waals surface area contributed by atoms with Gasteiger partial charge in [-0.1, -0.05) is 63.9 Å². The summed E-state index contributed by atoms with van der Waals surface area (Å²) in [5.74, 6) is -0.160. The summed E-state index contributed by atoms with van der Waals surface area (Å²) in [6, 6.07) is 21.5. The van der Waals surface area contributed by atoms with Crippen molar-refractivity contribution in [1.82, 2.24) is 5.32 Å². The van der Waals surface area contributed by atoms with E-state index in [4.69, 9.17) is 16.3 Å². The van der Waals surface area contributed by atoms with E-state index in [2.05, 4.69) is 26.6 Å². The van der Waals surface area contributed by atoms with Gasteiger partial charge >= 0.3 is 0 Å². The number of anilines is 1. The molecule has 0 saturated carbocycles. The fraction of sp³-hybridized carbons (Fsp3) is 0.0909. The summed E-state index contributed by atoms with van der Waals surface area (Å²) in [6.07, 6.45) is 0. The number of carbonyl (C=O) groups is 2. The Bertz CT molecular complexity index is 1010. The molecule has 0 saturated heterocycles. The molecule has 0 aliphatic heterocycles. The van der Waals surface area contributed by atoms with Crippen molar-refractivity contribution in [1.29, 1.82) is 0 Å². The third-order valence-corrected chi connectivity index (χ3v) is 4.75. The fourth-order valence-corrected chi connectivity index (χ4v) is 3.28. The van der Waals surface area contributed by atoms with Gasteiger partial charge in [0, 0.05) is 22.3 Å². The van der Waals surface area contributed by atoms with Crippen molar-refractivity contribution < 1.29 is 14.3 Å². The molecule has 0 aliphatic rings. The Balaban J connectivity index is 1.54. The number of nitrogens with one attached hydrogen (secondary N) is 2. The molecular formula is C22H18BrClN2O3. The number of rotatable bonds is 7. The van der Waals surface area contributed by atoms with Crippen LogP contribution in [0.15, 0.2) is 77.3 Å². The number of halogens is 2. The van der Waals surface area contributed by atoms with Crippen LogP contribution in [-0.2, 0) is 11.3 Å². The van der Waals surface area contributed by atoms with Gasteiger partial charge in [-0.25, -0.2) is 0 Å². The summed E-state index contributed by atoms with van der Waals surface area (Å²) in [7, 11) is 0. The highest BCUT2D eigenvalue weighted by Gasteiger charge is 2.10. The predicted octanol–water partition coefficient (Wildman–Crippen LogP) is 5.05. The number of carbonyl (C=O) groups excluding carboxylic acids is 2. The molecule has 0 fully saturated rings. The second-order valence-electron chi connectivity index (χ2n) is 6.16. The third kappa shape index (κ3) is 6.34. The van der Waals surface area contributed by atoms with E-state index in [9.17, 15) is 9.59 Å². The first-order chi connectivity index (χ1) is 14.0. The zero-order valence-corrected chi connectivity index (χ0v) is 17.7. The summed E-state index contributed by atoms with van der Waals surface area (Å²) < 4.78 is 6.27. The Hall–Kier alpha value is -2.83. The number of hydrogen-bond acceptors (Lipinski definition) is 3. The van der Waals surface area contributed by atoms with E-state index in [1.54, 1.807) is 42.5 Å². The molecule has 0 aliphatic carbocycles. The van der Waals surface area contributed by atoms with Crippen LogP contribution >= 0.6 is 27.5 Å². The monoisotopic (exact) mass is 472 g/mol. The number of hydrogen-bond donors (Lipinski definition) is 2. The van der Waals surface area contributed by atoms with Crippen LogP contribution in [0.4, 0.5) is 5.69 Å². The average Bonchev–Trinajstić information content (AvgIpc) is 2.72. The smallest absolute Gasteiger partial charge is 0.262 e. The molecular weight excluding hydrogens is 456 g/mol. The lowest BCUT2D eigenvalue weighted by Gasteiger charge is -2.10. The Morgan fingerprint density at radius 1 is 0.966 bits per heavy atom. The Kier molecular flexibility index (Phi) is 7.27. The maximum Gasteiger partial charge on any atom is 0.262 e. The van der Waals surface area contributed by atoms with Crippen molar-refractivity contribution >= 4 is 45.0 Å². The molecule has 5 nitrogen and oxygen atoms in total. The SMILES string of the molecule is O=C(COc1ccc(Br)cc1Cl)Nc1cccc(C(=O)NCc2ccccc2)c1. The van der Waals surface area contributed by atoms with Gasteiger partial charge in [0.1, 0.15) is 5.75 Å². The molecule has 3 aromatic carbocycles. The maximum atomic E-state index is 12.4. The molecule has 0 aromatic heterocycles. The van der Waals surface area contributed by atoms with Crippen molar-refractivity contribution in [2.75, 3.05) is 11.9 Å². The molecule has 2 N–H and O–H groups in total. The summed E-state index contributed by atoms with van der Waals surface area (Å²) in [5, 5.41) is 5.98. The van der Waals surface area contributed by atoms with Crippen LogP contribution < -0.4 is 15.4 Å². The minimum atomic E-state index is -0.356. The van der Waals surface area contributed by atoms with E-state index in [1.165, 1.54) is 0 Å². The van der Waals surface area contributed by atoms with Gasteiger partial charge in [-0.15, -0.1) is 0 Å². The topological polar surface area (TPSA) is 67.4 Å². The first kappa shape index (κ1) is 20.9. The van der Waals surface area contributed by atoms with Crippen molar-refractivity contribution in [3.05, 3.63) is 93.4 Å². The van der Waals surface area contributed by atoms with Crippen LogP contribution in [0, 0.1) is 0 Å². The minimum absolute atomic E-state index is 0.203. The molecule has 0 unspecified atom stereocenters. The Morgan fingerprint density at radius 3 is 2.52 bits per heavy atom. The average molecular weight is 474 g/mol. The normalized spacial score (nSPS) is 10.3. The minimum Gasteiger partial charge on any atom is -0.482 e. The molecule has 29 heavy (non-hydrogen) atoms. The quantitative estimate of drug-likeness (QED) is 0.505. The number of ether oxygens (including phenoxy) is 1. The van der Waals surface area contributed by atoms with E-state index in [-0.39, 0.29) is 18.4 Å². The third-order valence-electron chi connectivity index (χ3n) is 3.96. The highest BCUT2D eigenvalue weighted by atomic mass is 79.9. The highest BCUT2D eigenvalue weighted by molar-refractivity contribution is 9.10. The largest absolute Gasteiger partial charge is 0.482 e. The van der Waals surface area contributed by atoms with E-state index in [0.717, 1.165) is 10.0 Å². The molecule has 0 bridgehead atoms. The molecule has 0 heterocycles. The van der Waals surface area contributed by atoms with Gasteiger partial charge in [0.25, 0.3) is 11.8 Å². The molecule has 0 spiro atoms. The van der Waals surface area contributed by atoms with Crippen LogP contribution in [0.3, 0.4) is 0 Å². The first-order valence-electron chi connectivity index (χ1n) is 8.81. The zero-order valence-electron chi connectivity index (χ0n) is 15.3. The van der Waals surface area contributed by atoms with Crippen LogP contribution in [-0.4, -0.2) is 18.4 Å². The maximum absolute atomic E-state index is 12.4. The molecule has 3 rings (SSSR count). The molecule has 0 radical (unpaired) electrons. The first-order valence-corrected chi connectivity index (χ1v) is 9.98. The van der Waals surface area contributed by atoms with Crippen LogP contribution in [0.5, 0.6) is 5.75 Å². The summed E-state index contributed by atoms with van der Waals surface area (Å²) >= 11 is 9.38. The summed E-state index contributed by atoms with van der Waals surface area (Å²) in [4.78, 5) is 24.5. The summed E-state index contributed by atoms with van der Waals surface area (Å²) in [6.45, 7) is 0.226. The number of benzene rings is 3. The lowest BCUT2D eigenvalue weighted by molar-refractivity contribution is -0.118. The molecule has 7 heteroatoms. The van der Waals surface area contributed by atoms with Crippen molar-refractivity contribution in [2.45, 2.75) is 6.54 Å². The van der Waals surface area contributed by atoms with Gasteiger partial charge < -0.3 is 15.4 Å². The van der Waals surface area contributed by atoms with Crippen LogP contribution in [0.2, 0.25) is 5.02 Å². The summed E-state index contributed by atoms with van der Waals surface area (Å²) in [5.41, 5.74) is 1.97. The van der Waals surface area contributed by atoms with Crippen molar-refractivity contribution in [2.24, 2.45) is 0 Å². The van der Waals surface area contributed by atoms with Gasteiger partial charge in [-0.3, -0.25) is 9.59 Å². The molecule has 0 atom stereocenters. The Morgan fingerprint density at radius 2 is 1.76 bits per heavy atom. The van der Waals surface area contributed by atoms with Gasteiger partial charge in [0.2, 0.25) is 0 Å². The van der Waals surface area contributed by atoms with E-state index < -0.39 is 0 Å². The standard InChI is InChI=1S/C22H18BrClN2O3/c23-17-9-10-20(19(24)12-17)29-14-21(27)26-18-8-4-7-16(11-18)22(28)25-13-15-5-2-1-3-6-15/h1-12H,13-14H2,(H,25,28)(H,26,27). The van der Waals surface area contributed by atoms with Crippen molar-refractivity contribution in [3.63, 3.8) is 0 Å². The molecule has 148 valence electrons. The van der Waals surface area contributed by atoms with Gasteiger partial charge in [0.05, 0.1) is 5.02 Å². The highest BCUT2D eigenvalue weighted by Crippen LogP contribution is 2.27. The lowest BCUT2D eigenvalue weighted by Crippen LogP contribution is -2.23. The molecule has 3 aromatic rings. The lowest BCUT2D eigenvalue weighted by atomic mass is 10.1. The fourth-order valence-electron chi connectivity index (χ4n) is 2.55. The van der Waals surface area contributed by atoms with Gasteiger partial charge in [-0.05, 0) is 42.0 Å². The van der Waals surface area contributed by atoms with E-state index in [0.29, 0.717) is 28.6 Å². The molecule has 2 amide bonds.